The molecule has 0 unspecified atom stereocenters. The highest BCUT2D eigenvalue weighted by molar-refractivity contribution is 9.10. The van der Waals surface area contributed by atoms with Crippen LogP contribution < -0.4 is 15.8 Å². The zero-order valence-corrected chi connectivity index (χ0v) is 15.6. The monoisotopic (exact) mass is 413 g/mol. The minimum atomic E-state index is -3.61. The average molecular weight is 415 g/mol. The third kappa shape index (κ3) is 8.09. The lowest BCUT2D eigenvalue weighted by atomic mass is 10.1. The van der Waals surface area contributed by atoms with Gasteiger partial charge in [0.25, 0.3) is 0 Å². The molecule has 1 aromatic rings. The van der Waals surface area contributed by atoms with Crippen molar-refractivity contribution in [3.05, 3.63) is 28.7 Å². The number of nitrogens with one attached hydrogen (secondary N) is 2. The van der Waals surface area contributed by atoms with Gasteiger partial charge in [-0.25, -0.2) is 13.1 Å². The first-order valence-corrected chi connectivity index (χ1v) is 8.69. The van der Waals surface area contributed by atoms with E-state index in [-0.39, 0.29) is 36.2 Å². The molecule has 4 N–H and O–H groups in total. The number of hydrogen-bond acceptors (Lipinski definition) is 4. The van der Waals surface area contributed by atoms with Crippen LogP contribution in [0.15, 0.2) is 33.6 Å². The Balaban J connectivity index is 0.00000441. The molecular formula is C13H21BrClN3O3S. The summed E-state index contributed by atoms with van der Waals surface area (Å²) in [5.41, 5.74) is 5.25. The van der Waals surface area contributed by atoms with Crippen molar-refractivity contribution in [2.45, 2.75) is 30.7 Å². The van der Waals surface area contributed by atoms with Gasteiger partial charge in [0.2, 0.25) is 15.9 Å². The molecule has 1 amide bonds. The fourth-order valence-corrected chi connectivity index (χ4v) is 3.06. The molecule has 0 bridgehead atoms. The summed E-state index contributed by atoms with van der Waals surface area (Å²) in [6.45, 7) is 3.96. The first-order valence-electron chi connectivity index (χ1n) is 6.41. The summed E-state index contributed by atoms with van der Waals surface area (Å²) in [5.74, 6) is -0.245. The van der Waals surface area contributed by atoms with Crippen LogP contribution in [0, 0.1) is 0 Å². The molecule has 9 heteroatoms. The fourth-order valence-electron chi connectivity index (χ4n) is 1.43. The highest BCUT2D eigenvalue weighted by Gasteiger charge is 2.15. The van der Waals surface area contributed by atoms with Crippen LogP contribution in [0.25, 0.3) is 0 Å². The second-order valence-electron chi connectivity index (χ2n) is 5.37. The molecule has 0 saturated carbocycles. The van der Waals surface area contributed by atoms with Gasteiger partial charge in [-0.1, -0.05) is 22.0 Å². The predicted octanol–water partition coefficient (Wildman–Crippen LogP) is 1.39. The normalized spacial score (nSPS) is 11.6. The van der Waals surface area contributed by atoms with Gasteiger partial charge in [-0.3, -0.25) is 4.79 Å². The van der Waals surface area contributed by atoms with E-state index in [1.165, 1.54) is 12.1 Å². The molecule has 6 nitrogen and oxygen atoms in total. The summed E-state index contributed by atoms with van der Waals surface area (Å²) in [5, 5.41) is 2.65. The zero-order chi connectivity index (χ0) is 16.1. The van der Waals surface area contributed by atoms with E-state index in [0.717, 1.165) is 0 Å². The Morgan fingerprint density at radius 2 is 2.00 bits per heavy atom. The van der Waals surface area contributed by atoms with Gasteiger partial charge in [-0.2, -0.15) is 0 Å². The lowest BCUT2D eigenvalue weighted by Gasteiger charge is -2.18. The summed E-state index contributed by atoms with van der Waals surface area (Å²) in [6, 6.07) is 6.36. The second-order valence-corrected chi connectivity index (χ2v) is 8.05. The molecule has 0 aromatic heterocycles. The van der Waals surface area contributed by atoms with E-state index in [2.05, 4.69) is 26.0 Å². The van der Waals surface area contributed by atoms with Gasteiger partial charge >= 0.3 is 0 Å². The summed E-state index contributed by atoms with van der Waals surface area (Å²) in [7, 11) is -3.61. The van der Waals surface area contributed by atoms with Gasteiger partial charge in [0, 0.05) is 29.5 Å². The van der Waals surface area contributed by atoms with Crippen molar-refractivity contribution in [1.82, 2.24) is 10.0 Å². The number of hydrogen-bond donors (Lipinski definition) is 3. The van der Waals surface area contributed by atoms with Gasteiger partial charge in [-0.15, -0.1) is 12.4 Å². The van der Waals surface area contributed by atoms with Gasteiger partial charge in [0.1, 0.15) is 0 Å². The van der Waals surface area contributed by atoms with Crippen molar-refractivity contribution in [1.29, 1.82) is 0 Å². The van der Waals surface area contributed by atoms with Crippen molar-refractivity contribution in [3.8, 4) is 0 Å². The third-order valence-corrected chi connectivity index (χ3v) is 4.44. The van der Waals surface area contributed by atoms with Crippen LogP contribution in [0.2, 0.25) is 0 Å². The van der Waals surface area contributed by atoms with Gasteiger partial charge in [0.15, 0.2) is 0 Å². The first kappa shape index (κ1) is 21.3. The number of benzene rings is 1. The van der Waals surface area contributed by atoms with Crippen molar-refractivity contribution in [2.24, 2.45) is 5.73 Å². The minimum Gasteiger partial charge on any atom is -0.354 e. The zero-order valence-electron chi connectivity index (χ0n) is 12.4. The molecule has 0 fully saturated rings. The minimum absolute atomic E-state index is 0. The predicted molar refractivity (Wildman–Crippen MR) is 92.5 cm³/mol. The van der Waals surface area contributed by atoms with Crippen LogP contribution in [0.3, 0.4) is 0 Å². The smallest absolute Gasteiger partial charge is 0.240 e. The van der Waals surface area contributed by atoms with Crippen molar-refractivity contribution in [3.63, 3.8) is 0 Å². The molecular weight excluding hydrogens is 394 g/mol. The third-order valence-electron chi connectivity index (χ3n) is 2.49. The summed E-state index contributed by atoms with van der Waals surface area (Å²) < 4.78 is 27.1. The van der Waals surface area contributed by atoms with Gasteiger partial charge in [-0.05, 0) is 32.0 Å². The van der Waals surface area contributed by atoms with Crippen LogP contribution in [-0.2, 0) is 14.8 Å². The van der Waals surface area contributed by atoms with Crippen molar-refractivity contribution >= 4 is 44.3 Å². The molecule has 22 heavy (non-hydrogen) atoms. The number of rotatable bonds is 7. The molecule has 0 saturated heterocycles. The Kier molecular flexibility index (Phi) is 8.56. The molecule has 0 aliphatic rings. The van der Waals surface area contributed by atoms with Crippen LogP contribution in [0.1, 0.15) is 20.3 Å². The Labute approximate surface area is 145 Å². The maximum Gasteiger partial charge on any atom is 0.240 e. The number of nitrogens with two attached hydrogens (primary N) is 1. The second kappa shape index (κ2) is 8.83. The van der Waals surface area contributed by atoms with E-state index in [1.54, 1.807) is 26.0 Å². The highest BCUT2D eigenvalue weighted by Crippen LogP contribution is 2.15. The van der Waals surface area contributed by atoms with Crippen LogP contribution >= 0.6 is 28.3 Å². The molecule has 126 valence electrons. The summed E-state index contributed by atoms with van der Waals surface area (Å²) >= 11 is 3.22. The summed E-state index contributed by atoms with van der Waals surface area (Å²) in [6.07, 6.45) is 0.0588. The quantitative estimate of drug-likeness (QED) is 0.627. The maximum atomic E-state index is 12.0. The number of carbonyl (C=O) groups excluding carboxylic acids is 1. The summed E-state index contributed by atoms with van der Waals surface area (Å²) in [4.78, 5) is 11.7. The first-order chi connectivity index (χ1) is 9.60. The maximum absolute atomic E-state index is 12.0. The molecule has 0 aliphatic carbocycles. The number of amides is 1. The molecule has 0 spiro atoms. The van der Waals surface area contributed by atoms with Gasteiger partial charge < -0.3 is 11.1 Å². The largest absolute Gasteiger partial charge is 0.354 e. The standard InChI is InChI=1S/C13H20BrN3O3S.ClH/c1-13(2,15)9-16-12(18)6-7-17-21(19,20)11-5-3-4-10(14)8-11;/h3-5,8,17H,6-7,9,15H2,1-2H3,(H,16,18);1H. The molecule has 1 aromatic carbocycles. The molecule has 0 atom stereocenters. The van der Waals surface area contributed by atoms with E-state index in [4.69, 9.17) is 5.73 Å². The molecule has 0 radical (unpaired) electrons. The Morgan fingerprint density at radius 1 is 1.36 bits per heavy atom. The van der Waals surface area contributed by atoms with Crippen molar-refractivity contribution in [2.75, 3.05) is 13.1 Å². The Hall–Kier alpha value is -0.670. The molecule has 0 heterocycles. The lowest BCUT2D eigenvalue weighted by molar-refractivity contribution is -0.121. The SMILES string of the molecule is CC(C)(N)CNC(=O)CCNS(=O)(=O)c1cccc(Br)c1.Cl. The van der Waals surface area contributed by atoms with E-state index >= 15 is 0 Å². The van der Waals surface area contributed by atoms with E-state index < -0.39 is 15.6 Å². The average Bonchev–Trinajstić information content (AvgIpc) is 2.35. The van der Waals surface area contributed by atoms with E-state index in [1.807, 2.05) is 0 Å². The topological polar surface area (TPSA) is 101 Å². The van der Waals surface area contributed by atoms with E-state index in [9.17, 15) is 13.2 Å². The Morgan fingerprint density at radius 3 is 2.55 bits per heavy atom. The van der Waals surface area contributed by atoms with Gasteiger partial charge in [0.05, 0.1) is 4.90 Å². The molecule has 1 rings (SSSR count). The van der Waals surface area contributed by atoms with Crippen molar-refractivity contribution < 1.29 is 13.2 Å². The number of carbonyl (C=O) groups is 1. The molecule has 0 aliphatic heterocycles. The Bertz CT molecular complexity index is 603. The van der Waals surface area contributed by atoms with Crippen LogP contribution in [0.4, 0.5) is 0 Å². The lowest BCUT2D eigenvalue weighted by Crippen LogP contribution is -2.45. The van der Waals surface area contributed by atoms with E-state index in [0.29, 0.717) is 11.0 Å². The fraction of sp³-hybridized carbons (Fsp3) is 0.462. The highest BCUT2D eigenvalue weighted by atomic mass is 79.9. The number of sulfonamides is 1. The van der Waals surface area contributed by atoms with Crippen LogP contribution in [-0.4, -0.2) is 33.0 Å². The van der Waals surface area contributed by atoms with Crippen LogP contribution in [0.5, 0.6) is 0 Å². The number of halogens is 2.